The summed E-state index contributed by atoms with van der Waals surface area (Å²) in [6, 6.07) is 15.2. The van der Waals surface area contributed by atoms with E-state index in [4.69, 9.17) is 0 Å². The second kappa shape index (κ2) is 7.71. The molecule has 0 aliphatic rings. The number of nitrogens with one attached hydrogen (secondary N) is 1. The third-order valence-corrected chi connectivity index (χ3v) is 3.69. The maximum absolute atomic E-state index is 12.9. The zero-order chi connectivity index (χ0) is 15.9. The van der Waals surface area contributed by atoms with E-state index in [-0.39, 0.29) is 11.7 Å². The zero-order valence-electron chi connectivity index (χ0n) is 12.5. The number of carboxylic acids is 1. The molecular weight excluding hydrogens is 281 g/mol. The number of hydrogen-bond donors (Lipinski definition) is 2. The van der Waals surface area contributed by atoms with Crippen LogP contribution in [0.5, 0.6) is 0 Å². The predicted molar refractivity (Wildman–Crippen MR) is 84.4 cm³/mol. The lowest BCUT2D eigenvalue weighted by Crippen LogP contribution is -2.40. The first-order valence-electron chi connectivity index (χ1n) is 7.32. The Bertz CT molecular complexity index is 598. The van der Waals surface area contributed by atoms with E-state index in [0.717, 1.165) is 11.1 Å². The molecule has 0 aliphatic heterocycles. The van der Waals surface area contributed by atoms with Gasteiger partial charge in [-0.1, -0.05) is 49.4 Å². The van der Waals surface area contributed by atoms with E-state index in [1.165, 1.54) is 12.1 Å². The van der Waals surface area contributed by atoms with Crippen LogP contribution in [0, 0.1) is 5.82 Å². The Hall–Kier alpha value is -2.20. The molecule has 2 rings (SSSR count). The van der Waals surface area contributed by atoms with Gasteiger partial charge in [-0.2, -0.15) is 0 Å². The fourth-order valence-electron chi connectivity index (χ4n) is 2.32. The van der Waals surface area contributed by atoms with Crippen molar-refractivity contribution in [1.29, 1.82) is 0 Å². The molecule has 0 saturated carbocycles. The molecule has 116 valence electrons. The molecular formula is C18H20FNO2. The minimum Gasteiger partial charge on any atom is -0.480 e. The summed E-state index contributed by atoms with van der Waals surface area (Å²) >= 11 is 0. The molecule has 2 aromatic rings. The minimum atomic E-state index is -0.866. The topological polar surface area (TPSA) is 49.3 Å². The lowest BCUT2D eigenvalue weighted by Gasteiger charge is -2.18. The quantitative estimate of drug-likeness (QED) is 0.825. The molecule has 3 nitrogen and oxygen atoms in total. The molecule has 0 aliphatic carbocycles. The highest BCUT2D eigenvalue weighted by molar-refractivity contribution is 5.73. The fourth-order valence-corrected chi connectivity index (χ4v) is 2.32. The van der Waals surface area contributed by atoms with Gasteiger partial charge in [-0.3, -0.25) is 4.79 Å². The van der Waals surface area contributed by atoms with Crippen molar-refractivity contribution in [3.05, 3.63) is 71.5 Å². The normalized spacial score (nSPS) is 13.5. The van der Waals surface area contributed by atoms with Crippen molar-refractivity contribution in [2.75, 3.05) is 6.54 Å². The Kier molecular flexibility index (Phi) is 5.67. The minimum absolute atomic E-state index is 0.109. The summed E-state index contributed by atoms with van der Waals surface area (Å²) in [4.78, 5) is 11.4. The summed E-state index contributed by atoms with van der Waals surface area (Å²) in [5, 5.41) is 12.4. The SMILES string of the molecule is CC(CN[C@H](Cc1ccccc1)C(=O)O)c1ccc(F)cc1. The maximum Gasteiger partial charge on any atom is 0.321 e. The first-order valence-corrected chi connectivity index (χ1v) is 7.32. The van der Waals surface area contributed by atoms with E-state index in [2.05, 4.69) is 5.32 Å². The van der Waals surface area contributed by atoms with Crippen molar-refractivity contribution in [2.45, 2.75) is 25.3 Å². The average molecular weight is 301 g/mol. The maximum atomic E-state index is 12.9. The van der Waals surface area contributed by atoms with Crippen LogP contribution in [0.4, 0.5) is 4.39 Å². The molecule has 4 heteroatoms. The fraction of sp³-hybridized carbons (Fsp3) is 0.278. The Balaban J connectivity index is 1.94. The highest BCUT2D eigenvalue weighted by Gasteiger charge is 2.18. The van der Waals surface area contributed by atoms with Crippen LogP contribution in [0.1, 0.15) is 24.0 Å². The second-order valence-corrected chi connectivity index (χ2v) is 5.44. The van der Waals surface area contributed by atoms with E-state index in [1.54, 1.807) is 12.1 Å². The molecule has 22 heavy (non-hydrogen) atoms. The van der Waals surface area contributed by atoms with Gasteiger partial charge >= 0.3 is 5.97 Å². The van der Waals surface area contributed by atoms with Crippen LogP contribution < -0.4 is 5.32 Å². The lowest BCUT2D eigenvalue weighted by molar-refractivity contribution is -0.139. The Morgan fingerprint density at radius 3 is 2.36 bits per heavy atom. The van der Waals surface area contributed by atoms with Crippen molar-refractivity contribution < 1.29 is 14.3 Å². The Morgan fingerprint density at radius 2 is 1.77 bits per heavy atom. The van der Waals surface area contributed by atoms with Crippen LogP contribution in [0.2, 0.25) is 0 Å². The molecule has 1 unspecified atom stereocenters. The van der Waals surface area contributed by atoms with Crippen LogP contribution in [-0.2, 0) is 11.2 Å². The van der Waals surface area contributed by atoms with Gasteiger partial charge in [0.25, 0.3) is 0 Å². The summed E-state index contributed by atoms with van der Waals surface area (Å²) in [5.41, 5.74) is 1.97. The van der Waals surface area contributed by atoms with Crippen molar-refractivity contribution in [3.63, 3.8) is 0 Å². The van der Waals surface area contributed by atoms with Crippen molar-refractivity contribution in [1.82, 2.24) is 5.32 Å². The molecule has 0 amide bonds. The number of rotatable bonds is 7. The molecule has 2 aromatic carbocycles. The molecule has 2 atom stereocenters. The number of benzene rings is 2. The summed E-state index contributed by atoms with van der Waals surface area (Å²) < 4.78 is 12.9. The number of halogens is 1. The molecule has 0 spiro atoms. The molecule has 0 saturated heterocycles. The van der Waals surface area contributed by atoms with Gasteiger partial charge in [0.1, 0.15) is 11.9 Å². The monoisotopic (exact) mass is 301 g/mol. The molecule has 0 radical (unpaired) electrons. The summed E-state index contributed by atoms with van der Waals surface area (Å²) in [7, 11) is 0. The van der Waals surface area contributed by atoms with Crippen LogP contribution in [0.3, 0.4) is 0 Å². The van der Waals surface area contributed by atoms with Crippen molar-refractivity contribution >= 4 is 5.97 Å². The summed E-state index contributed by atoms with van der Waals surface area (Å²) in [5.74, 6) is -1.02. The van der Waals surface area contributed by atoms with Gasteiger partial charge in [0, 0.05) is 6.54 Å². The number of carbonyl (C=O) groups is 1. The summed E-state index contributed by atoms with van der Waals surface area (Å²) in [6.07, 6.45) is 0.437. The number of hydrogen-bond acceptors (Lipinski definition) is 2. The number of aliphatic carboxylic acids is 1. The summed E-state index contributed by atoms with van der Waals surface area (Å²) in [6.45, 7) is 2.51. The molecule has 2 N–H and O–H groups in total. The Morgan fingerprint density at radius 1 is 1.14 bits per heavy atom. The van der Waals surface area contributed by atoms with Crippen LogP contribution in [-0.4, -0.2) is 23.7 Å². The molecule has 0 aromatic heterocycles. The Labute approximate surface area is 129 Å². The van der Waals surface area contributed by atoms with E-state index in [9.17, 15) is 14.3 Å². The van der Waals surface area contributed by atoms with Crippen molar-refractivity contribution in [3.8, 4) is 0 Å². The first kappa shape index (κ1) is 16.2. The van der Waals surface area contributed by atoms with Crippen molar-refractivity contribution in [2.24, 2.45) is 0 Å². The van der Waals surface area contributed by atoms with Gasteiger partial charge in [0.2, 0.25) is 0 Å². The van der Waals surface area contributed by atoms with E-state index in [1.807, 2.05) is 37.3 Å². The van der Waals surface area contributed by atoms with E-state index >= 15 is 0 Å². The molecule has 0 bridgehead atoms. The largest absolute Gasteiger partial charge is 0.480 e. The van der Waals surface area contributed by atoms with E-state index in [0.29, 0.717) is 13.0 Å². The van der Waals surface area contributed by atoms with Gasteiger partial charge in [0.15, 0.2) is 0 Å². The highest BCUT2D eigenvalue weighted by Crippen LogP contribution is 2.15. The second-order valence-electron chi connectivity index (χ2n) is 5.44. The van der Waals surface area contributed by atoms with Gasteiger partial charge in [-0.05, 0) is 35.6 Å². The van der Waals surface area contributed by atoms with Crippen LogP contribution in [0.15, 0.2) is 54.6 Å². The third-order valence-electron chi connectivity index (χ3n) is 3.69. The molecule has 0 fully saturated rings. The smallest absolute Gasteiger partial charge is 0.321 e. The van der Waals surface area contributed by atoms with Gasteiger partial charge in [0.05, 0.1) is 0 Å². The average Bonchev–Trinajstić information content (AvgIpc) is 2.52. The third kappa shape index (κ3) is 4.67. The van der Waals surface area contributed by atoms with E-state index < -0.39 is 12.0 Å². The van der Waals surface area contributed by atoms with Gasteiger partial charge in [-0.15, -0.1) is 0 Å². The standard InChI is InChI=1S/C18H20FNO2/c1-13(15-7-9-16(19)10-8-15)12-20-17(18(21)22)11-14-5-3-2-4-6-14/h2-10,13,17,20H,11-12H2,1H3,(H,21,22)/t13?,17-/m1/s1. The lowest BCUT2D eigenvalue weighted by atomic mass is 10.00. The highest BCUT2D eigenvalue weighted by atomic mass is 19.1. The van der Waals surface area contributed by atoms with Crippen LogP contribution in [0.25, 0.3) is 0 Å². The first-order chi connectivity index (χ1) is 10.6. The number of carboxylic acid groups (broad SMARTS) is 1. The van der Waals surface area contributed by atoms with Gasteiger partial charge < -0.3 is 10.4 Å². The van der Waals surface area contributed by atoms with Crippen LogP contribution >= 0.6 is 0 Å². The molecule has 0 heterocycles. The zero-order valence-corrected chi connectivity index (χ0v) is 12.5. The van der Waals surface area contributed by atoms with Gasteiger partial charge in [-0.25, -0.2) is 4.39 Å². The predicted octanol–water partition coefficient (Wildman–Crippen LogP) is 3.21.